The molecule has 1 aromatic carbocycles. The Morgan fingerprint density at radius 1 is 1.24 bits per heavy atom. The van der Waals surface area contributed by atoms with E-state index in [-0.39, 0.29) is 29.5 Å². The lowest BCUT2D eigenvalue weighted by atomic mass is 9.96. The van der Waals surface area contributed by atoms with E-state index in [1.54, 1.807) is 35.5 Å². The molecule has 4 atom stereocenters. The van der Waals surface area contributed by atoms with Crippen molar-refractivity contribution in [3.8, 4) is 17.0 Å². The predicted molar refractivity (Wildman–Crippen MR) is 121 cm³/mol. The van der Waals surface area contributed by atoms with Crippen LogP contribution in [0.15, 0.2) is 35.0 Å². The third-order valence-electron chi connectivity index (χ3n) is 7.32. The summed E-state index contributed by atoms with van der Waals surface area (Å²) in [5.74, 6) is 0.748. The highest BCUT2D eigenvalue weighted by molar-refractivity contribution is 5.97. The lowest BCUT2D eigenvalue weighted by Crippen LogP contribution is -2.55. The third-order valence-corrected chi connectivity index (χ3v) is 7.32. The summed E-state index contributed by atoms with van der Waals surface area (Å²) in [7, 11) is 1.86. The number of phenols is 1. The molecule has 0 spiro atoms. The Balaban J connectivity index is 1.25. The van der Waals surface area contributed by atoms with E-state index in [0.717, 1.165) is 38.8 Å². The molecule has 3 aliphatic rings. The Bertz CT molecular complexity index is 1210. The van der Waals surface area contributed by atoms with Crippen LogP contribution in [0.25, 0.3) is 22.2 Å². The summed E-state index contributed by atoms with van der Waals surface area (Å²) in [6.07, 6.45) is 5.87. The van der Waals surface area contributed by atoms with Crippen molar-refractivity contribution in [1.29, 1.82) is 0 Å². The lowest BCUT2D eigenvalue weighted by molar-refractivity contribution is 0.0621. The number of benzene rings is 1. The number of amides is 1. The summed E-state index contributed by atoms with van der Waals surface area (Å²) in [5.41, 5.74) is 1.44. The summed E-state index contributed by atoms with van der Waals surface area (Å²) in [6.45, 7) is 1.48. The Hall–Kier alpha value is -3.20. The van der Waals surface area contributed by atoms with Crippen LogP contribution in [0.1, 0.15) is 36.2 Å². The van der Waals surface area contributed by atoms with Crippen molar-refractivity contribution in [1.82, 2.24) is 20.2 Å². The summed E-state index contributed by atoms with van der Waals surface area (Å²) in [6, 6.07) is 4.94. The maximum Gasteiger partial charge on any atom is 0.289 e. The zero-order valence-electron chi connectivity index (χ0n) is 18.4. The van der Waals surface area contributed by atoms with Crippen LogP contribution in [0.2, 0.25) is 0 Å². The second kappa shape index (κ2) is 7.69. The number of nitrogens with zero attached hydrogens (tertiary/aromatic N) is 4. The first-order chi connectivity index (χ1) is 16.0. The van der Waals surface area contributed by atoms with Gasteiger partial charge in [0.2, 0.25) is 0 Å². The van der Waals surface area contributed by atoms with E-state index in [0.29, 0.717) is 34.1 Å². The normalized spacial score (nSPS) is 26.4. The first-order valence-electron chi connectivity index (χ1n) is 11.5. The van der Waals surface area contributed by atoms with Crippen molar-refractivity contribution < 1.29 is 18.7 Å². The summed E-state index contributed by atoms with van der Waals surface area (Å²) in [4.78, 5) is 25.0. The van der Waals surface area contributed by atoms with Gasteiger partial charge in [0.1, 0.15) is 23.3 Å². The first-order valence-corrected chi connectivity index (χ1v) is 11.5. The average molecular weight is 452 g/mol. The average Bonchev–Trinajstić information content (AvgIpc) is 3.38. The highest BCUT2D eigenvalue weighted by Gasteiger charge is 2.43. The number of phenolic OH excluding ortho intramolecular Hbond substituents is 1. The molecular formula is C24H26FN5O3. The number of aromatic nitrogens is 2. The Labute approximate surface area is 190 Å². The van der Waals surface area contributed by atoms with Crippen molar-refractivity contribution in [2.24, 2.45) is 0 Å². The number of furan rings is 1. The number of hydrogen-bond donors (Lipinski definition) is 2. The Morgan fingerprint density at radius 2 is 2.09 bits per heavy atom. The number of rotatable bonds is 4. The van der Waals surface area contributed by atoms with Gasteiger partial charge in [-0.3, -0.25) is 9.78 Å². The molecular weight excluding hydrogens is 425 g/mol. The number of carbonyl (C=O) groups is 1. The van der Waals surface area contributed by atoms with Crippen LogP contribution in [0, 0.1) is 0 Å². The quantitative estimate of drug-likeness (QED) is 0.629. The second-order valence-electron chi connectivity index (χ2n) is 9.33. The van der Waals surface area contributed by atoms with Gasteiger partial charge in [0.05, 0.1) is 24.1 Å². The van der Waals surface area contributed by atoms with E-state index in [1.165, 1.54) is 0 Å². The van der Waals surface area contributed by atoms with E-state index in [1.807, 2.05) is 11.9 Å². The van der Waals surface area contributed by atoms with Crippen LogP contribution in [0.3, 0.4) is 0 Å². The number of piperidine rings is 1. The van der Waals surface area contributed by atoms with Gasteiger partial charge in [-0.1, -0.05) is 0 Å². The molecule has 8 nitrogen and oxygen atoms in total. The molecule has 3 aromatic rings. The minimum Gasteiger partial charge on any atom is -0.507 e. The van der Waals surface area contributed by atoms with Crippen LogP contribution in [-0.4, -0.2) is 70.3 Å². The first kappa shape index (κ1) is 20.4. The number of fused-ring (bicyclic) bond motifs is 3. The molecule has 9 heteroatoms. The van der Waals surface area contributed by atoms with Crippen LogP contribution >= 0.6 is 0 Å². The fourth-order valence-electron chi connectivity index (χ4n) is 5.22. The molecule has 3 aliphatic heterocycles. The Morgan fingerprint density at radius 3 is 2.82 bits per heavy atom. The largest absolute Gasteiger partial charge is 0.507 e. The molecule has 6 rings (SSSR count). The summed E-state index contributed by atoms with van der Waals surface area (Å²) < 4.78 is 20.7. The van der Waals surface area contributed by atoms with Gasteiger partial charge in [0, 0.05) is 43.2 Å². The van der Waals surface area contributed by atoms with E-state index in [2.05, 4.69) is 15.3 Å². The van der Waals surface area contributed by atoms with Gasteiger partial charge in [0.25, 0.3) is 5.91 Å². The van der Waals surface area contributed by atoms with Gasteiger partial charge in [-0.2, -0.15) is 0 Å². The van der Waals surface area contributed by atoms with E-state index >= 15 is 0 Å². The van der Waals surface area contributed by atoms with Gasteiger partial charge >= 0.3 is 0 Å². The molecule has 2 N–H and O–H groups in total. The molecule has 3 fully saturated rings. The predicted octanol–water partition coefficient (Wildman–Crippen LogP) is 3.11. The molecule has 1 amide bonds. The number of halogens is 1. The molecule has 2 aromatic heterocycles. The number of alkyl halides is 1. The number of anilines is 1. The van der Waals surface area contributed by atoms with Crippen molar-refractivity contribution in [3.05, 3.63) is 36.4 Å². The molecule has 0 saturated carbocycles. The second-order valence-corrected chi connectivity index (χ2v) is 9.33. The van der Waals surface area contributed by atoms with Crippen molar-refractivity contribution in [2.45, 2.75) is 50.0 Å². The number of aromatic hydroxyl groups is 1. The molecule has 33 heavy (non-hydrogen) atoms. The summed E-state index contributed by atoms with van der Waals surface area (Å²) in [5, 5.41) is 14.6. The van der Waals surface area contributed by atoms with E-state index < -0.39 is 6.17 Å². The minimum atomic E-state index is -0.950. The van der Waals surface area contributed by atoms with Crippen molar-refractivity contribution in [2.75, 3.05) is 25.0 Å². The van der Waals surface area contributed by atoms with Crippen LogP contribution in [0.5, 0.6) is 5.75 Å². The van der Waals surface area contributed by atoms with Crippen LogP contribution < -0.4 is 10.2 Å². The van der Waals surface area contributed by atoms with Gasteiger partial charge in [0.15, 0.2) is 5.76 Å². The van der Waals surface area contributed by atoms with Gasteiger partial charge in [-0.05, 0) is 43.9 Å². The maximum absolute atomic E-state index is 14.9. The van der Waals surface area contributed by atoms with Gasteiger partial charge in [-0.15, -0.1) is 0 Å². The Kier molecular flexibility index (Phi) is 4.76. The van der Waals surface area contributed by atoms with Crippen LogP contribution in [0.4, 0.5) is 10.2 Å². The fourth-order valence-corrected chi connectivity index (χ4v) is 5.22. The number of nitrogens with one attached hydrogen (secondary N) is 1. The maximum atomic E-state index is 14.9. The molecule has 5 heterocycles. The standard InChI is InChI=1S/C24H26FN5O3/c1-29(18-9-14-3-4-16(28-14)23(18)25)22-12-26-17(11-27-22)15-10-20-13(7-19(15)31)8-21(33-20)24(32)30-5-2-6-30/h7-8,10-12,14,16,18,23,28,31H,2-6,9H2,1H3/t14-,16+,18-,23+/m1/s1. The third kappa shape index (κ3) is 3.42. The highest BCUT2D eigenvalue weighted by Crippen LogP contribution is 2.36. The van der Waals surface area contributed by atoms with E-state index in [9.17, 15) is 14.3 Å². The molecule has 172 valence electrons. The van der Waals surface area contributed by atoms with Gasteiger partial charge in [-0.25, -0.2) is 9.37 Å². The molecule has 0 aliphatic carbocycles. The van der Waals surface area contributed by atoms with Crippen molar-refractivity contribution >= 4 is 22.7 Å². The summed E-state index contributed by atoms with van der Waals surface area (Å²) >= 11 is 0. The number of carbonyl (C=O) groups excluding carboxylic acids is 1. The van der Waals surface area contributed by atoms with E-state index in [4.69, 9.17) is 4.42 Å². The number of likely N-dealkylation sites (tertiary alicyclic amines) is 1. The molecule has 0 unspecified atom stereocenters. The lowest BCUT2D eigenvalue weighted by Gasteiger charge is -2.38. The topological polar surface area (TPSA) is 94.7 Å². The van der Waals surface area contributed by atoms with Crippen molar-refractivity contribution in [3.63, 3.8) is 0 Å². The number of hydrogen-bond acceptors (Lipinski definition) is 7. The minimum absolute atomic E-state index is 0.0282. The highest BCUT2D eigenvalue weighted by atomic mass is 19.1. The monoisotopic (exact) mass is 451 g/mol. The molecule has 2 bridgehead atoms. The zero-order chi connectivity index (χ0) is 22.7. The zero-order valence-corrected chi connectivity index (χ0v) is 18.4. The smallest absolute Gasteiger partial charge is 0.289 e. The molecule has 0 radical (unpaired) electrons. The fraction of sp³-hybridized carbons (Fsp3) is 0.458. The molecule has 3 saturated heterocycles. The SMILES string of the molecule is CN(c1cnc(-c2cc3oc(C(=O)N4CCC4)cc3cc2O)cn1)[C@@H]1C[C@H]2CC[C@H](N2)[C@@H]1F. The van der Waals surface area contributed by atoms with Gasteiger partial charge < -0.3 is 24.6 Å². The van der Waals surface area contributed by atoms with Crippen LogP contribution in [-0.2, 0) is 0 Å².